The summed E-state index contributed by atoms with van der Waals surface area (Å²) in [5, 5.41) is 2.88. The average Bonchev–Trinajstić information content (AvgIpc) is 1.90. The van der Waals surface area contributed by atoms with E-state index in [0.717, 1.165) is 5.82 Å². The molecule has 45 valence electrons. The van der Waals surface area contributed by atoms with E-state index in [9.17, 15) is 0 Å². The van der Waals surface area contributed by atoms with Crippen molar-refractivity contribution in [2.45, 2.75) is 0 Å². The van der Waals surface area contributed by atoms with E-state index in [1.54, 1.807) is 6.07 Å². The number of pyridine rings is 1. The zero-order chi connectivity index (χ0) is 5.82. The van der Waals surface area contributed by atoms with Crippen LogP contribution in [-0.2, 0) is 32.7 Å². The molecule has 1 rings (SSSR count). The topological polar surface area (TPSA) is 24.9 Å². The Labute approximate surface area is 79.9 Å². The van der Waals surface area contributed by atoms with Gasteiger partial charge in [0.1, 0.15) is 0 Å². The van der Waals surface area contributed by atoms with Crippen LogP contribution < -0.4 is 5.32 Å². The summed E-state index contributed by atoms with van der Waals surface area (Å²) in [4.78, 5) is 3.86. The third-order valence-corrected chi connectivity index (χ3v) is 0.866. The number of nitrogens with zero attached hydrogens (tertiary/aromatic N) is 1. The largest absolute Gasteiger partial charge is 0.425 e. The first kappa shape index (κ1) is 9.05. The smallest absolute Gasteiger partial charge is 0.0112 e. The molecule has 0 aliphatic heterocycles. The summed E-state index contributed by atoms with van der Waals surface area (Å²) in [6.45, 7) is 0. The van der Waals surface area contributed by atoms with Crippen LogP contribution in [0.4, 0.5) is 5.82 Å². The second-order valence-electron chi connectivity index (χ2n) is 1.40. The molecule has 0 aliphatic rings. The van der Waals surface area contributed by atoms with Crippen LogP contribution in [-0.4, -0.2) is 12.0 Å². The zero-order valence-electron chi connectivity index (χ0n) is 5.26. The van der Waals surface area contributed by atoms with Gasteiger partial charge in [0.2, 0.25) is 0 Å². The molecule has 1 radical (unpaired) electrons. The molecule has 0 spiro atoms. The molecule has 3 heteroatoms. The summed E-state index contributed by atoms with van der Waals surface area (Å²) < 4.78 is 0. The maximum absolute atomic E-state index is 3.86. The van der Waals surface area contributed by atoms with Crippen LogP contribution in [0.25, 0.3) is 0 Å². The molecule has 9 heavy (non-hydrogen) atoms. The van der Waals surface area contributed by atoms with Gasteiger partial charge in [-0.1, -0.05) is 6.20 Å². The Kier molecular flexibility index (Phi) is 4.92. The number of hydrogen-bond acceptors (Lipinski definition) is 2. The minimum absolute atomic E-state index is 0. The van der Waals surface area contributed by atoms with E-state index in [0.29, 0.717) is 0 Å². The van der Waals surface area contributed by atoms with Gasteiger partial charge in [-0.3, -0.25) is 0 Å². The SMILES string of the molecule is CNc1ccc[c-]n1.[Y]. The molecule has 2 nitrogen and oxygen atoms in total. The Balaban J connectivity index is 0.000000640. The van der Waals surface area contributed by atoms with Gasteiger partial charge in [0.15, 0.2) is 0 Å². The van der Waals surface area contributed by atoms with Crippen molar-refractivity contribution in [1.29, 1.82) is 0 Å². The van der Waals surface area contributed by atoms with E-state index < -0.39 is 0 Å². The fourth-order valence-electron chi connectivity index (χ4n) is 0.466. The molecular formula is C6H7N2Y-. The number of rotatable bonds is 1. The molecule has 0 bridgehead atoms. The molecule has 0 aliphatic carbocycles. The normalized spacial score (nSPS) is 7.67. The summed E-state index contributed by atoms with van der Waals surface area (Å²) in [5.74, 6) is 0.854. The molecule has 1 N–H and O–H groups in total. The maximum Gasteiger partial charge on any atom is 0.0112 e. The first-order valence-corrected chi connectivity index (χ1v) is 2.44. The second-order valence-corrected chi connectivity index (χ2v) is 1.40. The molecule has 1 aromatic rings. The van der Waals surface area contributed by atoms with Crippen LogP contribution in [0.3, 0.4) is 0 Å². The second kappa shape index (κ2) is 4.89. The summed E-state index contributed by atoms with van der Waals surface area (Å²) in [6, 6.07) is 5.54. The van der Waals surface area contributed by atoms with Crippen molar-refractivity contribution < 1.29 is 32.7 Å². The Hall–Kier alpha value is 0.0539. The van der Waals surface area contributed by atoms with Crippen molar-refractivity contribution >= 4 is 5.82 Å². The van der Waals surface area contributed by atoms with Crippen LogP contribution in [0.15, 0.2) is 18.2 Å². The number of aromatic nitrogens is 1. The monoisotopic (exact) mass is 196 g/mol. The molecule has 0 aromatic carbocycles. The van der Waals surface area contributed by atoms with E-state index in [4.69, 9.17) is 0 Å². The predicted octanol–water partition coefficient (Wildman–Crippen LogP) is 0.921. The standard InChI is InChI=1S/C6H7N2.Y/c1-7-6-4-2-3-5-8-6;/h2-4H,1H3,(H,7,8);/q-1;. The van der Waals surface area contributed by atoms with Crippen molar-refractivity contribution in [2.75, 3.05) is 12.4 Å². The van der Waals surface area contributed by atoms with Crippen molar-refractivity contribution in [3.8, 4) is 0 Å². The van der Waals surface area contributed by atoms with Crippen molar-refractivity contribution in [3.05, 3.63) is 24.4 Å². The van der Waals surface area contributed by atoms with E-state index in [-0.39, 0.29) is 32.7 Å². The first-order chi connectivity index (χ1) is 3.93. The number of anilines is 1. The number of nitrogens with one attached hydrogen (secondary N) is 1. The molecule has 0 amide bonds. The minimum atomic E-state index is 0. The Morgan fingerprint density at radius 2 is 2.44 bits per heavy atom. The van der Waals surface area contributed by atoms with E-state index in [1.807, 2.05) is 19.2 Å². The van der Waals surface area contributed by atoms with Crippen LogP contribution in [0.2, 0.25) is 0 Å². The Morgan fingerprint density at radius 3 is 2.78 bits per heavy atom. The van der Waals surface area contributed by atoms with Crippen molar-refractivity contribution in [1.82, 2.24) is 4.98 Å². The quantitative estimate of drug-likeness (QED) is 0.675. The number of hydrogen-bond donors (Lipinski definition) is 1. The molecule has 1 aromatic heterocycles. The van der Waals surface area contributed by atoms with E-state index in [1.165, 1.54) is 0 Å². The van der Waals surface area contributed by atoms with Gasteiger partial charge in [0.25, 0.3) is 0 Å². The summed E-state index contributed by atoms with van der Waals surface area (Å²) in [6.07, 6.45) is 2.70. The third kappa shape index (κ3) is 2.92. The molecule has 0 fully saturated rings. The average molecular weight is 196 g/mol. The fourth-order valence-corrected chi connectivity index (χ4v) is 0.466. The van der Waals surface area contributed by atoms with Gasteiger partial charge in [-0.15, -0.1) is 6.07 Å². The van der Waals surface area contributed by atoms with E-state index in [2.05, 4.69) is 16.5 Å². The molecule has 0 atom stereocenters. The van der Waals surface area contributed by atoms with E-state index >= 15 is 0 Å². The summed E-state index contributed by atoms with van der Waals surface area (Å²) >= 11 is 0. The molecule has 1 heterocycles. The zero-order valence-corrected chi connectivity index (χ0v) is 8.09. The Morgan fingerprint density at radius 1 is 1.67 bits per heavy atom. The van der Waals surface area contributed by atoms with Crippen LogP contribution in [0, 0.1) is 6.20 Å². The summed E-state index contributed by atoms with van der Waals surface area (Å²) in [7, 11) is 1.83. The predicted molar refractivity (Wildman–Crippen MR) is 32.6 cm³/mol. The first-order valence-electron chi connectivity index (χ1n) is 2.44. The van der Waals surface area contributed by atoms with Crippen molar-refractivity contribution in [3.63, 3.8) is 0 Å². The molecular weight excluding hydrogens is 189 g/mol. The molecule has 0 unspecified atom stereocenters. The molecule has 0 saturated heterocycles. The van der Waals surface area contributed by atoms with Crippen LogP contribution >= 0.6 is 0 Å². The third-order valence-electron chi connectivity index (χ3n) is 0.866. The Bertz CT molecular complexity index is 152. The van der Waals surface area contributed by atoms with Gasteiger partial charge in [-0.05, 0) is 7.05 Å². The minimum Gasteiger partial charge on any atom is -0.425 e. The van der Waals surface area contributed by atoms with Gasteiger partial charge in [0, 0.05) is 38.5 Å². The summed E-state index contributed by atoms with van der Waals surface area (Å²) in [5.41, 5.74) is 0. The van der Waals surface area contributed by atoms with Gasteiger partial charge in [-0.2, -0.15) is 12.1 Å². The van der Waals surface area contributed by atoms with Gasteiger partial charge in [-0.25, -0.2) is 0 Å². The van der Waals surface area contributed by atoms with Gasteiger partial charge >= 0.3 is 0 Å². The van der Waals surface area contributed by atoms with Crippen LogP contribution in [0.5, 0.6) is 0 Å². The van der Waals surface area contributed by atoms with Crippen LogP contribution in [0.1, 0.15) is 0 Å². The fraction of sp³-hybridized carbons (Fsp3) is 0.167. The van der Waals surface area contributed by atoms with Crippen molar-refractivity contribution in [2.24, 2.45) is 0 Å². The molecule has 0 saturated carbocycles. The van der Waals surface area contributed by atoms with Gasteiger partial charge < -0.3 is 10.3 Å². The van der Waals surface area contributed by atoms with Gasteiger partial charge in [0.05, 0.1) is 0 Å². The maximum atomic E-state index is 3.86.